The first-order valence-corrected chi connectivity index (χ1v) is 9.56. The fraction of sp³-hybridized carbons (Fsp3) is 0.300. The maximum Gasteiger partial charge on any atom is 0.251 e. The summed E-state index contributed by atoms with van der Waals surface area (Å²) in [6, 6.07) is 13.0. The summed E-state index contributed by atoms with van der Waals surface area (Å²) in [5.74, 6) is 1.90. The van der Waals surface area contributed by atoms with Crippen molar-refractivity contribution in [2.24, 2.45) is 4.99 Å². The number of aliphatic imine (C=N–C) groups is 1. The summed E-state index contributed by atoms with van der Waals surface area (Å²) in [5.41, 5.74) is 1.65. The Kier molecular flexibility index (Phi) is 11.4. The van der Waals surface area contributed by atoms with Gasteiger partial charge in [0.05, 0.1) is 14.2 Å². The number of nitrogens with one attached hydrogen (secondary N) is 3. The molecule has 0 saturated carbocycles. The number of ether oxygens (including phenoxy) is 2. The van der Waals surface area contributed by atoms with E-state index in [-0.39, 0.29) is 29.9 Å². The van der Waals surface area contributed by atoms with Gasteiger partial charge in [0, 0.05) is 36.7 Å². The van der Waals surface area contributed by atoms with Crippen LogP contribution >= 0.6 is 39.9 Å². The van der Waals surface area contributed by atoms with Crippen molar-refractivity contribution in [3.05, 3.63) is 58.1 Å². The lowest BCUT2D eigenvalue weighted by Gasteiger charge is -2.14. The first-order chi connectivity index (χ1) is 13.6. The van der Waals surface area contributed by atoms with Crippen LogP contribution in [0.15, 0.2) is 51.9 Å². The number of rotatable bonds is 8. The van der Waals surface area contributed by atoms with Gasteiger partial charge in [-0.15, -0.1) is 24.0 Å². The summed E-state index contributed by atoms with van der Waals surface area (Å²) in [4.78, 5) is 16.3. The monoisotopic (exact) mass is 576 g/mol. The van der Waals surface area contributed by atoms with Crippen LogP contribution in [0.25, 0.3) is 0 Å². The topological polar surface area (TPSA) is 84.0 Å². The number of guanidine groups is 1. The predicted octanol–water partition coefficient (Wildman–Crippen LogP) is 3.18. The van der Waals surface area contributed by atoms with Crippen LogP contribution in [-0.2, 0) is 6.54 Å². The lowest BCUT2D eigenvalue weighted by atomic mass is 10.2. The van der Waals surface area contributed by atoms with Gasteiger partial charge in [0.15, 0.2) is 17.5 Å². The highest BCUT2D eigenvalue weighted by Crippen LogP contribution is 2.27. The van der Waals surface area contributed by atoms with Gasteiger partial charge >= 0.3 is 0 Å². The summed E-state index contributed by atoms with van der Waals surface area (Å²) in [6.45, 7) is 1.60. The molecule has 0 radical (unpaired) electrons. The van der Waals surface area contributed by atoms with Crippen molar-refractivity contribution < 1.29 is 14.3 Å². The molecular formula is C20H26BrIN4O3. The predicted molar refractivity (Wildman–Crippen MR) is 130 cm³/mol. The molecule has 0 aliphatic carbocycles. The molecule has 1 amide bonds. The lowest BCUT2D eigenvalue weighted by molar-refractivity contribution is 0.0954. The van der Waals surface area contributed by atoms with E-state index in [1.54, 1.807) is 33.4 Å². The Hall–Kier alpha value is -2.01. The zero-order valence-electron chi connectivity index (χ0n) is 16.6. The number of halogens is 2. The molecule has 0 aromatic heterocycles. The third-order valence-corrected chi connectivity index (χ3v) is 4.41. The number of hydrogen-bond acceptors (Lipinski definition) is 4. The van der Waals surface area contributed by atoms with E-state index in [1.807, 2.05) is 30.3 Å². The zero-order chi connectivity index (χ0) is 20.4. The van der Waals surface area contributed by atoms with E-state index in [9.17, 15) is 4.79 Å². The van der Waals surface area contributed by atoms with Crippen molar-refractivity contribution in [2.45, 2.75) is 6.54 Å². The number of amides is 1. The van der Waals surface area contributed by atoms with E-state index in [0.29, 0.717) is 42.7 Å². The van der Waals surface area contributed by atoms with Crippen LogP contribution in [0.2, 0.25) is 0 Å². The number of benzene rings is 2. The minimum atomic E-state index is -0.114. The van der Waals surface area contributed by atoms with Gasteiger partial charge < -0.3 is 25.4 Å². The summed E-state index contributed by atoms with van der Waals surface area (Å²) in [6.07, 6.45) is 0. The van der Waals surface area contributed by atoms with Crippen molar-refractivity contribution in [2.75, 3.05) is 34.4 Å². The average Bonchev–Trinajstić information content (AvgIpc) is 2.72. The van der Waals surface area contributed by atoms with Crippen LogP contribution in [0.3, 0.4) is 0 Å². The Morgan fingerprint density at radius 3 is 2.38 bits per heavy atom. The second-order valence-electron chi connectivity index (χ2n) is 5.81. The van der Waals surface area contributed by atoms with Gasteiger partial charge in [-0.3, -0.25) is 9.79 Å². The van der Waals surface area contributed by atoms with Crippen molar-refractivity contribution in [3.8, 4) is 11.5 Å². The van der Waals surface area contributed by atoms with Crippen LogP contribution in [0, 0.1) is 0 Å². The second kappa shape index (κ2) is 13.3. The smallest absolute Gasteiger partial charge is 0.251 e. The van der Waals surface area contributed by atoms with Gasteiger partial charge in [0.25, 0.3) is 5.91 Å². The molecule has 0 unspecified atom stereocenters. The number of carbonyl (C=O) groups excluding carboxylic acids is 1. The van der Waals surface area contributed by atoms with E-state index in [0.717, 1.165) is 10.0 Å². The fourth-order valence-corrected chi connectivity index (χ4v) is 2.88. The molecule has 2 aromatic rings. The molecule has 0 saturated heterocycles. The molecule has 0 aliphatic heterocycles. The molecule has 0 heterocycles. The Balaban J connectivity index is 0.00000420. The van der Waals surface area contributed by atoms with Crippen LogP contribution in [0.5, 0.6) is 11.5 Å². The molecule has 2 aromatic carbocycles. The van der Waals surface area contributed by atoms with Crippen molar-refractivity contribution in [3.63, 3.8) is 0 Å². The molecule has 2 rings (SSSR count). The summed E-state index contributed by atoms with van der Waals surface area (Å²) < 4.78 is 11.4. The quantitative estimate of drug-likeness (QED) is 0.195. The third-order valence-electron chi connectivity index (χ3n) is 3.92. The fourth-order valence-electron chi connectivity index (χ4n) is 2.49. The number of methoxy groups -OCH3 is 2. The molecule has 158 valence electrons. The zero-order valence-corrected chi connectivity index (χ0v) is 20.5. The summed E-state index contributed by atoms with van der Waals surface area (Å²) >= 11 is 3.36. The first kappa shape index (κ1) is 25.0. The minimum Gasteiger partial charge on any atom is -0.493 e. The minimum absolute atomic E-state index is 0. The molecule has 0 fully saturated rings. The molecule has 9 heteroatoms. The highest BCUT2D eigenvalue weighted by Gasteiger charge is 2.07. The van der Waals surface area contributed by atoms with Crippen molar-refractivity contribution >= 4 is 51.8 Å². The maximum atomic E-state index is 12.1. The lowest BCUT2D eigenvalue weighted by Crippen LogP contribution is -2.41. The Morgan fingerprint density at radius 2 is 1.72 bits per heavy atom. The molecule has 0 aliphatic rings. The van der Waals surface area contributed by atoms with Gasteiger partial charge in [-0.25, -0.2) is 0 Å². The molecule has 0 atom stereocenters. The van der Waals surface area contributed by atoms with Gasteiger partial charge in [-0.05, 0) is 35.9 Å². The van der Waals surface area contributed by atoms with Crippen LogP contribution < -0.4 is 25.4 Å². The van der Waals surface area contributed by atoms with Crippen molar-refractivity contribution in [1.29, 1.82) is 0 Å². The number of hydrogen-bond donors (Lipinski definition) is 3. The van der Waals surface area contributed by atoms with Crippen molar-refractivity contribution in [1.82, 2.24) is 16.0 Å². The van der Waals surface area contributed by atoms with E-state index >= 15 is 0 Å². The summed E-state index contributed by atoms with van der Waals surface area (Å²) in [7, 11) is 4.92. The number of carbonyl (C=O) groups is 1. The first-order valence-electron chi connectivity index (χ1n) is 8.76. The van der Waals surface area contributed by atoms with E-state index < -0.39 is 0 Å². The molecular weight excluding hydrogens is 551 g/mol. The molecule has 7 nitrogen and oxygen atoms in total. The average molecular weight is 577 g/mol. The van der Waals surface area contributed by atoms with Gasteiger partial charge in [-0.1, -0.05) is 28.1 Å². The standard InChI is InChI=1S/C20H25BrN4O3.HI/c1-22-20(25-13-14-7-8-17(27-2)18(11-14)28-3)24-10-9-23-19(26)15-5-4-6-16(21)12-15;/h4-8,11-12H,9-10,13H2,1-3H3,(H,23,26)(H2,22,24,25);1H. The Bertz CT molecular complexity index is 833. The van der Waals surface area contributed by atoms with E-state index in [4.69, 9.17) is 9.47 Å². The molecule has 29 heavy (non-hydrogen) atoms. The summed E-state index contributed by atoms with van der Waals surface area (Å²) in [5, 5.41) is 9.27. The molecule has 3 N–H and O–H groups in total. The van der Waals surface area contributed by atoms with E-state index in [1.165, 1.54) is 0 Å². The highest BCUT2D eigenvalue weighted by molar-refractivity contribution is 14.0. The van der Waals surface area contributed by atoms with Gasteiger partial charge in [-0.2, -0.15) is 0 Å². The normalized spacial score (nSPS) is 10.6. The van der Waals surface area contributed by atoms with Crippen LogP contribution in [-0.4, -0.2) is 46.2 Å². The van der Waals surface area contributed by atoms with Gasteiger partial charge in [0.1, 0.15) is 0 Å². The van der Waals surface area contributed by atoms with Gasteiger partial charge in [0.2, 0.25) is 0 Å². The highest BCUT2D eigenvalue weighted by atomic mass is 127. The Labute approximate surface area is 196 Å². The molecule has 0 bridgehead atoms. The van der Waals surface area contributed by atoms with E-state index in [2.05, 4.69) is 36.9 Å². The Morgan fingerprint density at radius 1 is 1.00 bits per heavy atom. The second-order valence-corrected chi connectivity index (χ2v) is 6.72. The third kappa shape index (κ3) is 8.09. The van der Waals surface area contributed by atoms with Crippen LogP contribution in [0.1, 0.15) is 15.9 Å². The molecule has 0 spiro atoms. The largest absolute Gasteiger partial charge is 0.493 e. The maximum absolute atomic E-state index is 12.1. The number of nitrogens with zero attached hydrogens (tertiary/aromatic N) is 1. The SMILES string of the molecule is CN=C(NCCNC(=O)c1cccc(Br)c1)NCc1ccc(OC)c(OC)c1.I. The van der Waals surface area contributed by atoms with Crippen LogP contribution in [0.4, 0.5) is 0 Å².